The normalized spacial score (nSPS) is 22.1. The number of carbonyl (C=O) groups is 1. The first-order valence-corrected chi connectivity index (χ1v) is 7.69. The van der Waals surface area contributed by atoms with Gasteiger partial charge in [0.15, 0.2) is 0 Å². The third kappa shape index (κ3) is 5.14. The lowest BCUT2D eigenvalue weighted by molar-refractivity contribution is -0.143. The number of rotatable bonds is 7. The van der Waals surface area contributed by atoms with Crippen molar-refractivity contribution in [2.24, 2.45) is 11.8 Å². The van der Waals surface area contributed by atoms with E-state index in [1.54, 1.807) is 7.11 Å². The van der Waals surface area contributed by atoms with Crippen LogP contribution in [0.15, 0.2) is 24.3 Å². The van der Waals surface area contributed by atoms with Gasteiger partial charge in [0.25, 0.3) is 0 Å². The van der Waals surface area contributed by atoms with E-state index in [1.807, 2.05) is 0 Å². The van der Waals surface area contributed by atoms with Crippen LogP contribution in [0.1, 0.15) is 36.8 Å². The van der Waals surface area contributed by atoms with Crippen molar-refractivity contribution in [2.75, 3.05) is 13.7 Å². The number of ether oxygens (including phenoxy) is 1. The summed E-state index contributed by atoms with van der Waals surface area (Å²) in [6, 6.07) is 8.41. The van der Waals surface area contributed by atoms with Gasteiger partial charge in [-0.05, 0) is 49.3 Å². The maximum Gasteiger partial charge on any atom is 0.306 e. The molecule has 0 unspecified atom stereocenters. The summed E-state index contributed by atoms with van der Waals surface area (Å²) in [5.41, 5.74) is 2.46. The van der Waals surface area contributed by atoms with Crippen molar-refractivity contribution in [2.45, 2.75) is 38.8 Å². The topological polar surface area (TPSA) is 58.6 Å². The maximum atomic E-state index is 10.9. The zero-order valence-corrected chi connectivity index (χ0v) is 12.7. The molecule has 1 aliphatic carbocycles. The van der Waals surface area contributed by atoms with E-state index in [0.29, 0.717) is 12.5 Å². The highest BCUT2D eigenvalue weighted by Gasteiger charge is 2.25. The predicted molar refractivity (Wildman–Crippen MR) is 81.9 cm³/mol. The fourth-order valence-electron chi connectivity index (χ4n) is 3.03. The Morgan fingerprint density at radius 1 is 1.29 bits per heavy atom. The molecule has 4 heteroatoms. The minimum Gasteiger partial charge on any atom is -0.481 e. The summed E-state index contributed by atoms with van der Waals surface area (Å²) in [7, 11) is 1.71. The van der Waals surface area contributed by atoms with Gasteiger partial charge in [0.1, 0.15) is 0 Å². The smallest absolute Gasteiger partial charge is 0.306 e. The van der Waals surface area contributed by atoms with Crippen LogP contribution >= 0.6 is 0 Å². The molecule has 0 spiro atoms. The zero-order valence-electron chi connectivity index (χ0n) is 12.7. The molecule has 1 saturated carbocycles. The molecule has 1 aromatic carbocycles. The fraction of sp³-hybridized carbons (Fsp3) is 0.588. The van der Waals surface area contributed by atoms with E-state index in [4.69, 9.17) is 9.84 Å². The average Bonchev–Trinajstić information content (AvgIpc) is 2.48. The van der Waals surface area contributed by atoms with E-state index >= 15 is 0 Å². The first-order valence-electron chi connectivity index (χ1n) is 7.69. The Bertz CT molecular complexity index is 453. The van der Waals surface area contributed by atoms with Gasteiger partial charge in [-0.15, -0.1) is 0 Å². The number of benzene rings is 1. The lowest BCUT2D eigenvalue weighted by atomic mass is 9.82. The quantitative estimate of drug-likeness (QED) is 0.811. The van der Waals surface area contributed by atoms with Crippen LogP contribution < -0.4 is 5.32 Å². The van der Waals surface area contributed by atoms with E-state index in [-0.39, 0.29) is 5.92 Å². The minimum atomic E-state index is -0.628. The van der Waals surface area contributed by atoms with Crippen molar-refractivity contribution >= 4 is 5.97 Å². The molecular weight excluding hydrogens is 266 g/mol. The van der Waals surface area contributed by atoms with Gasteiger partial charge in [0, 0.05) is 13.7 Å². The molecule has 116 valence electrons. The van der Waals surface area contributed by atoms with Crippen LogP contribution in [0.25, 0.3) is 0 Å². The number of carboxylic acid groups (broad SMARTS) is 1. The Morgan fingerprint density at radius 3 is 2.67 bits per heavy atom. The molecule has 1 aliphatic rings. The largest absolute Gasteiger partial charge is 0.481 e. The van der Waals surface area contributed by atoms with E-state index in [2.05, 4.69) is 29.6 Å². The molecule has 21 heavy (non-hydrogen) atoms. The zero-order chi connectivity index (χ0) is 15.1. The first kappa shape index (κ1) is 16.0. The lowest BCUT2D eigenvalue weighted by Gasteiger charge is -2.26. The molecule has 1 aromatic rings. The summed E-state index contributed by atoms with van der Waals surface area (Å²) in [5, 5.41) is 12.5. The van der Waals surface area contributed by atoms with Crippen LogP contribution in [0.2, 0.25) is 0 Å². The third-order valence-electron chi connectivity index (χ3n) is 4.26. The van der Waals surface area contributed by atoms with Gasteiger partial charge >= 0.3 is 5.97 Å². The number of aliphatic carboxylic acids is 1. The Morgan fingerprint density at radius 2 is 2.00 bits per heavy atom. The van der Waals surface area contributed by atoms with E-state index in [9.17, 15) is 4.79 Å². The molecule has 2 rings (SSSR count). The van der Waals surface area contributed by atoms with E-state index < -0.39 is 5.97 Å². The lowest BCUT2D eigenvalue weighted by Crippen LogP contribution is -2.28. The van der Waals surface area contributed by atoms with E-state index in [0.717, 1.165) is 38.8 Å². The fourth-order valence-corrected chi connectivity index (χ4v) is 3.03. The minimum absolute atomic E-state index is 0.119. The van der Waals surface area contributed by atoms with Gasteiger partial charge in [0.05, 0.1) is 12.5 Å². The number of nitrogens with one attached hydrogen (secondary N) is 1. The van der Waals surface area contributed by atoms with Crippen molar-refractivity contribution in [3.05, 3.63) is 35.4 Å². The van der Waals surface area contributed by atoms with Crippen LogP contribution in [0.4, 0.5) is 0 Å². The van der Waals surface area contributed by atoms with Crippen molar-refractivity contribution in [1.29, 1.82) is 0 Å². The van der Waals surface area contributed by atoms with Crippen LogP contribution in [0.3, 0.4) is 0 Å². The highest BCUT2D eigenvalue weighted by atomic mass is 16.5. The highest BCUT2D eigenvalue weighted by molar-refractivity contribution is 5.69. The number of hydrogen-bond acceptors (Lipinski definition) is 3. The monoisotopic (exact) mass is 291 g/mol. The first-order chi connectivity index (χ1) is 10.2. The Hall–Kier alpha value is -1.39. The van der Waals surface area contributed by atoms with Gasteiger partial charge in [-0.25, -0.2) is 0 Å². The van der Waals surface area contributed by atoms with E-state index in [1.165, 1.54) is 11.1 Å². The molecule has 0 amide bonds. The molecule has 1 fully saturated rings. The summed E-state index contributed by atoms with van der Waals surface area (Å²) in [5.74, 6) is -0.133. The average molecular weight is 291 g/mol. The highest BCUT2D eigenvalue weighted by Crippen LogP contribution is 2.28. The number of carboxylic acids is 1. The van der Waals surface area contributed by atoms with Crippen molar-refractivity contribution in [1.82, 2.24) is 5.32 Å². The van der Waals surface area contributed by atoms with Gasteiger partial charge in [-0.1, -0.05) is 24.3 Å². The Labute approximate surface area is 126 Å². The molecule has 0 heterocycles. The summed E-state index contributed by atoms with van der Waals surface area (Å²) in [4.78, 5) is 10.9. The molecule has 0 bridgehead atoms. The third-order valence-corrected chi connectivity index (χ3v) is 4.26. The van der Waals surface area contributed by atoms with Gasteiger partial charge in [-0.2, -0.15) is 0 Å². The predicted octanol–water partition coefficient (Wildman–Crippen LogP) is 2.81. The second-order valence-electron chi connectivity index (χ2n) is 5.94. The second-order valence-corrected chi connectivity index (χ2v) is 5.94. The van der Waals surface area contributed by atoms with Crippen LogP contribution in [0, 0.1) is 11.8 Å². The summed E-state index contributed by atoms with van der Waals surface area (Å²) < 4.78 is 5.14. The summed E-state index contributed by atoms with van der Waals surface area (Å²) in [6.07, 6.45) is 3.69. The van der Waals surface area contributed by atoms with Crippen molar-refractivity contribution in [3.8, 4) is 0 Å². The maximum absolute atomic E-state index is 10.9. The molecule has 0 aliphatic heterocycles. The summed E-state index contributed by atoms with van der Waals surface area (Å²) in [6.45, 7) is 2.48. The summed E-state index contributed by atoms with van der Waals surface area (Å²) >= 11 is 0. The molecule has 2 N–H and O–H groups in total. The number of methoxy groups -OCH3 is 1. The number of hydrogen-bond donors (Lipinski definition) is 2. The molecule has 0 saturated heterocycles. The van der Waals surface area contributed by atoms with Crippen molar-refractivity contribution in [3.63, 3.8) is 0 Å². The second kappa shape index (κ2) is 8.15. The SMILES string of the molecule is COCc1cccc(CNCC2CCC(C(=O)O)CC2)c1. The Balaban J connectivity index is 1.70. The molecule has 0 aromatic heterocycles. The molecular formula is C17H25NO3. The molecule has 0 radical (unpaired) electrons. The van der Waals surface area contributed by atoms with Gasteiger partial charge in [0.2, 0.25) is 0 Å². The van der Waals surface area contributed by atoms with Gasteiger partial charge < -0.3 is 15.2 Å². The van der Waals surface area contributed by atoms with Gasteiger partial charge in [-0.3, -0.25) is 4.79 Å². The standard InChI is InChI=1S/C17H25NO3/c1-21-12-15-4-2-3-14(9-15)11-18-10-13-5-7-16(8-6-13)17(19)20/h2-4,9,13,16,18H,5-8,10-12H2,1H3,(H,19,20). The van der Waals surface area contributed by atoms with Crippen LogP contribution in [-0.4, -0.2) is 24.7 Å². The van der Waals surface area contributed by atoms with Crippen LogP contribution in [-0.2, 0) is 22.7 Å². The Kier molecular flexibility index (Phi) is 6.21. The van der Waals surface area contributed by atoms with Crippen LogP contribution in [0.5, 0.6) is 0 Å². The molecule has 0 atom stereocenters. The molecule has 4 nitrogen and oxygen atoms in total. The van der Waals surface area contributed by atoms with Crippen molar-refractivity contribution < 1.29 is 14.6 Å².